The van der Waals surface area contributed by atoms with Crippen LogP contribution in [0.5, 0.6) is 0 Å². The second-order valence-corrected chi connectivity index (χ2v) is 4.81. The highest BCUT2D eigenvalue weighted by molar-refractivity contribution is 6.33. The molecule has 0 aromatic heterocycles. The highest BCUT2D eigenvalue weighted by Gasteiger charge is 2.15. The van der Waals surface area contributed by atoms with Crippen molar-refractivity contribution in [3.8, 4) is 0 Å². The first-order chi connectivity index (χ1) is 8.16. The first kappa shape index (κ1) is 12.2. The van der Waals surface area contributed by atoms with E-state index in [1.54, 1.807) is 6.07 Å². The summed E-state index contributed by atoms with van der Waals surface area (Å²) >= 11 is 6.03. The summed E-state index contributed by atoms with van der Waals surface area (Å²) in [5.41, 5.74) is 0.827. The predicted molar refractivity (Wildman–Crippen MR) is 68.6 cm³/mol. The monoisotopic (exact) mass is 254 g/mol. The van der Waals surface area contributed by atoms with Gasteiger partial charge in [-0.2, -0.15) is 0 Å². The second-order valence-electron chi connectivity index (χ2n) is 4.40. The van der Waals surface area contributed by atoms with Gasteiger partial charge in [0, 0.05) is 18.2 Å². The Hall–Kier alpha value is -1.29. The Bertz CT molecular complexity index is 417. The fourth-order valence-electron chi connectivity index (χ4n) is 2.20. The molecule has 2 rings (SSSR count). The molecule has 1 aromatic rings. The molecule has 0 saturated heterocycles. The highest BCUT2D eigenvalue weighted by Crippen LogP contribution is 2.29. The molecule has 5 heteroatoms. The van der Waals surface area contributed by atoms with Crippen molar-refractivity contribution in [3.63, 3.8) is 0 Å². The Kier molecular flexibility index (Phi) is 3.84. The molecule has 0 unspecified atom stereocenters. The van der Waals surface area contributed by atoms with E-state index in [9.17, 15) is 10.1 Å². The van der Waals surface area contributed by atoms with E-state index in [4.69, 9.17) is 11.6 Å². The van der Waals surface area contributed by atoms with E-state index in [-0.39, 0.29) is 5.69 Å². The van der Waals surface area contributed by atoms with Gasteiger partial charge < -0.3 is 5.32 Å². The van der Waals surface area contributed by atoms with Gasteiger partial charge in [0.2, 0.25) is 0 Å². The Morgan fingerprint density at radius 2 is 2.00 bits per heavy atom. The molecular weight excluding hydrogens is 240 g/mol. The number of nitrogens with zero attached hydrogens (tertiary/aromatic N) is 1. The van der Waals surface area contributed by atoms with E-state index in [0.717, 1.165) is 18.5 Å². The summed E-state index contributed by atoms with van der Waals surface area (Å²) < 4.78 is 0. The van der Waals surface area contributed by atoms with Crippen molar-refractivity contribution in [3.05, 3.63) is 33.3 Å². The molecule has 17 heavy (non-hydrogen) atoms. The maximum atomic E-state index is 10.6. The normalized spacial score (nSPS) is 16.8. The molecule has 0 heterocycles. The molecule has 0 atom stereocenters. The number of benzene rings is 1. The number of nitro benzene ring substituents is 1. The second kappa shape index (κ2) is 5.36. The van der Waals surface area contributed by atoms with Crippen molar-refractivity contribution in [2.24, 2.45) is 0 Å². The number of halogens is 1. The average Bonchev–Trinajstić information content (AvgIpc) is 2.33. The lowest BCUT2D eigenvalue weighted by Crippen LogP contribution is -2.22. The maximum absolute atomic E-state index is 10.6. The van der Waals surface area contributed by atoms with Gasteiger partial charge in [0.1, 0.15) is 0 Å². The Morgan fingerprint density at radius 1 is 1.29 bits per heavy atom. The van der Waals surface area contributed by atoms with Gasteiger partial charge in [0.05, 0.1) is 15.6 Å². The first-order valence-electron chi connectivity index (χ1n) is 5.87. The van der Waals surface area contributed by atoms with Crippen LogP contribution in [0.15, 0.2) is 18.2 Å². The average molecular weight is 255 g/mol. The van der Waals surface area contributed by atoms with Gasteiger partial charge in [-0.3, -0.25) is 10.1 Å². The molecular formula is C12H15ClN2O2. The van der Waals surface area contributed by atoms with E-state index in [1.165, 1.54) is 31.4 Å². The summed E-state index contributed by atoms with van der Waals surface area (Å²) in [7, 11) is 0. The minimum atomic E-state index is -0.434. The van der Waals surface area contributed by atoms with Crippen molar-refractivity contribution >= 4 is 23.0 Å². The Balaban J connectivity index is 2.08. The van der Waals surface area contributed by atoms with E-state index >= 15 is 0 Å². The molecule has 0 amide bonds. The van der Waals surface area contributed by atoms with Gasteiger partial charge in [0.15, 0.2) is 0 Å². The number of hydrogen-bond acceptors (Lipinski definition) is 3. The number of anilines is 1. The van der Waals surface area contributed by atoms with Crippen LogP contribution in [-0.4, -0.2) is 11.0 Å². The number of rotatable bonds is 3. The van der Waals surface area contributed by atoms with Crippen LogP contribution < -0.4 is 5.32 Å². The van der Waals surface area contributed by atoms with Crippen LogP contribution in [0, 0.1) is 10.1 Å². The van der Waals surface area contributed by atoms with Gasteiger partial charge in [-0.25, -0.2) is 0 Å². The molecule has 1 N–H and O–H groups in total. The molecule has 0 aliphatic heterocycles. The minimum absolute atomic E-state index is 0.0317. The molecule has 1 fully saturated rings. The summed E-state index contributed by atoms with van der Waals surface area (Å²) in [5, 5.41) is 14.4. The third-order valence-corrected chi connectivity index (χ3v) is 3.44. The van der Waals surface area contributed by atoms with Crippen molar-refractivity contribution in [2.45, 2.75) is 38.1 Å². The van der Waals surface area contributed by atoms with Crippen molar-refractivity contribution in [1.29, 1.82) is 0 Å². The third-order valence-electron chi connectivity index (χ3n) is 3.13. The lowest BCUT2D eigenvalue weighted by molar-refractivity contribution is -0.384. The summed E-state index contributed by atoms with van der Waals surface area (Å²) in [6.45, 7) is 0. The zero-order chi connectivity index (χ0) is 12.3. The van der Waals surface area contributed by atoms with Crippen LogP contribution in [0.2, 0.25) is 5.02 Å². The van der Waals surface area contributed by atoms with Crippen molar-refractivity contribution < 1.29 is 4.92 Å². The molecule has 1 saturated carbocycles. The number of hydrogen-bond donors (Lipinski definition) is 1. The molecule has 1 aliphatic rings. The highest BCUT2D eigenvalue weighted by atomic mass is 35.5. The molecule has 0 radical (unpaired) electrons. The molecule has 1 aromatic carbocycles. The maximum Gasteiger partial charge on any atom is 0.271 e. The molecule has 4 nitrogen and oxygen atoms in total. The minimum Gasteiger partial charge on any atom is -0.381 e. The summed E-state index contributed by atoms with van der Waals surface area (Å²) in [5.74, 6) is 0. The van der Waals surface area contributed by atoms with Crippen LogP contribution in [0.1, 0.15) is 32.1 Å². The van der Waals surface area contributed by atoms with Crippen LogP contribution in [-0.2, 0) is 0 Å². The van der Waals surface area contributed by atoms with E-state index < -0.39 is 4.92 Å². The van der Waals surface area contributed by atoms with Crippen LogP contribution >= 0.6 is 11.6 Å². The lowest BCUT2D eigenvalue weighted by atomic mass is 9.95. The largest absolute Gasteiger partial charge is 0.381 e. The first-order valence-corrected chi connectivity index (χ1v) is 6.25. The van der Waals surface area contributed by atoms with Crippen LogP contribution in [0.25, 0.3) is 0 Å². The Morgan fingerprint density at radius 3 is 2.59 bits per heavy atom. The van der Waals surface area contributed by atoms with Crippen molar-refractivity contribution in [1.82, 2.24) is 0 Å². The van der Waals surface area contributed by atoms with Crippen molar-refractivity contribution in [2.75, 3.05) is 5.32 Å². The smallest absolute Gasteiger partial charge is 0.271 e. The topological polar surface area (TPSA) is 55.2 Å². The van der Waals surface area contributed by atoms with Crippen LogP contribution in [0.4, 0.5) is 11.4 Å². The van der Waals surface area contributed by atoms with E-state index in [1.807, 2.05) is 0 Å². The summed E-state index contributed by atoms with van der Waals surface area (Å²) in [4.78, 5) is 10.1. The predicted octanol–water partition coefficient (Wildman–Crippen LogP) is 3.99. The molecule has 92 valence electrons. The standard InChI is InChI=1S/C12H15ClN2O2/c13-11-8-10(15(16)17)6-7-12(11)14-9-4-2-1-3-5-9/h6-9,14H,1-5H2. The number of nitro groups is 1. The quantitative estimate of drug-likeness (QED) is 0.655. The van der Waals surface area contributed by atoms with Gasteiger partial charge in [-0.15, -0.1) is 0 Å². The zero-order valence-electron chi connectivity index (χ0n) is 9.49. The number of nitrogens with one attached hydrogen (secondary N) is 1. The number of non-ortho nitro benzene ring substituents is 1. The van der Waals surface area contributed by atoms with Gasteiger partial charge >= 0.3 is 0 Å². The summed E-state index contributed by atoms with van der Waals surface area (Å²) in [6.07, 6.45) is 6.07. The Labute approximate surface area is 105 Å². The van der Waals surface area contributed by atoms with Crippen LogP contribution in [0.3, 0.4) is 0 Å². The van der Waals surface area contributed by atoms with E-state index in [2.05, 4.69) is 5.32 Å². The fraction of sp³-hybridized carbons (Fsp3) is 0.500. The van der Waals surface area contributed by atoms with E-state index in [0.29, 0.717) is 11.1 Å². The zero-order valence-corrected chi connectivity index (χ0v) is 10.2. The molecule has 0 bridgehead atoms. The van der Waals surface area contributed by atoms with Gasteiger partial charge in [0.25, 0.3) is 5.69 Å². The molecule has 0 spiro atoms. The fourth-order valence-corrected chi connectivity index (χ4v) is 2.43. The SMILES string of the molecule is O=[N+]([O-])c1ccc(NC2CCCCC2)c(Cl)c1. The van der Waals surface area contributed by atoms with Gasteiger partial charge in [-0.1, -0.05) is 30.9 Å². The third kappa shape index (κ3) is 3.09. The lowest BCUT2D eigenvalue weighted by Gasteiger charge is -2.24. The van der Waals surface area contributed by atoms with Gasteiger partial charge in [-0.05, 0) is 18.9 Å². The summed E-state index contributed by atoms with van der Waals surface area (Å²) in [6, 6.07) is 5.02. The molecule has 1 aliphatic carbocycles.